The van der Waals surface area contributed by atoms with Crippen LogP contribution in [0.1, 0.15) is 30.1 Å². The first-order valence-corrected chi connectivity index (χ1v) is 7.63. The summed E-state index contributed by atoms with van der Waals surface area (Å²) < 4.78 is 0. The van der Waals surface area contributed by atoms with Crippen LogP contribution < -0.4 is 9.80 Å². The van der Waals surface area contributed by atoms with Gasteiger partial charge >= 0.3 is 0 Å². The van der Waals surface area contributed by atoms with Crippen molar-refractivity contribution in [2.24, 2.45) is 0 Å². The van der Waals surface area contributed by atoms with Crippen molar-refractivity contribution in [1.82, 2.24) is 4.98 Å². The lowest BCUT2D eigenvalue weighted by Crippen LogP contribution is -2.24. The fourth-order valence-electron chi connectivity index (χ4n) is 3.09. The molecule has 1 aliphatic rings. The smallest absolute Gasteiger partial charge is 0.129 e. The maximum atomic E-state index is 4.70. The van der Waals surface area contributed by atoms with Crippen LogP contribution in [-0.2, 0) is 0 Å². The Kier molecular flexibility index (Phi) is 3.82. The molecule has 1 aliphatic heterocycles. The zero-order valence-electron chi connectivity index (χ0n) is 13.1. The fraction of sp³-hybridized carbons (Fsp3) is 0.389. The highest BCUT2D eigenvalue weighted by Gasteiger charge is 2.27. The van der Waals surface area contributed by atoms with Crippen molar-refractivity contribution in [1.29, 1.82) is 0 Å². The maximum Gasteiger partial charge on any atom is 0.129 e. The molecule has 0 saturated carbocycles. The molecule has 110 valence electrons. The number of rotatable bonds is 3. The molecule has 0 radical (unpaired) electrons. The molecule has 21 heavy (non-hydrogen) atoms. The Morgan fingerprint density at radius 2 is 1.95 bits per heavy atom. The molecule has 0 N–H and O–H groups in total. The molecular formula is C18H23N3. The number of hydrogen-bond donors (Lipinski definition) is 0. The summed E-state index contributed by atoms with van der Waals surface area (Å²) in [6.07, 6.45) is 2.43. The van der Waals surface area contributed by atoms with Crippen LogP contribution in [0.5, 0.6) is 0 Å². The first-order valence-electron chi connectivity index (χ1n) is 7.63. The van der Waals surface area contributed by atoms with Crippen molar-refractivity contribution in [2.75, 3.05) is 30.4 Å². The molecule has 0 spiro atoms. The largest absolute Gasteiger partial charge is 0.378 e. The molecule has 1 aromatic carbocycles. The SMILES string of the molecule is Cc1cccc(N2CCCC2c2cccc(N(C)C)c2)n1. The summed E-state index contributed by atoms with van der Waals surface area (Å²) >= 11 is 0. The third kappa shape index (κ3) is 2.87. The van der Waals surface area contributed by atoms with Crippen molar-refractivity contribution < 1.29 is 0 Å². The standard InChI is InChI=1S/C18H23N3/c1-14-7-4-11-18(19-14)21-12-6-10-17(21)15-8-5-9-16(13-15)20(2)3/h4-5,7-9,11,13,17H,6,10,12H2,1-3H3. The van der Waals surface area contributed by atoms with Crippen LogP contribution in [0.15, 0.2) is 42.5 Å². The number of aryl methyl sites for hydroxylation is 1. The predicted octanol–water partition coefficient (Wildman–Crippen LogP) is 3.80. The van der Waals surface area contributed by atoms with E-state index in [2.05, 4.69) is 73.3 Å². The lowest BCUT2D eigenvalue weighted by atomic mass is 10.0. The molecular weight excluding hydrogens is 258 g/mol. The minimum absolute atomic E-state index is 0.444. The van der Waals surface area contributed by atoms with E-state index in [1.165, 1.54) is 24.1 Å². The topological polar surface area (TPSA) is 19.4 Å². The second kappa shape index (κ2) is 5.76. The summed E-state index contributed by atoms with van der Waals surface area (Å²) in [6, 6.07) is 15.6. The number of anilines is 2. The molecule has 2 heterocycles. The summed E-state index contributed by atoms with van der Waals surface area (Å²) in [7, 11) is 4.18. The van der Waals surface area contributed by atoms with Crippen molar-refractivity contribution >= 4 is 11.5 Å². The Hall–Kier alpha value is -2.03. The van der Waals surface area contributed by atoms with Gasteiger partial charge < -0.3 is 9.80 Å². The lowest BCUT2D eigenvalue weighted by Gasteiger charge is -2.27. The first-order chi connectivity index (χ1) is 10.1. The van der Waals surface area contributed by atoms with Crippen LogP contribution in [0.4, 0.5) is 11.5 Å². The molecule has 3 rings (SSSR count). The summed E-state index contributed by atoms with van der Waals surface area (Å²) in [5.41, 5.74) is 3.73. The van der Waals surface area contributed by atoms with E-state index in [9.17, 15) is 0 Å². The van der Waals surface area contributed by atoms with Gasteiger partial charge in [0.1, 0.15) is 5.82 Å². The molecule has 0 amide bonds. The van der Waals surface area contributed by atoms with Crippen LogP contribution in [0.3, 0.4) is 0 Å². The van der Waals surface area contributed by atoms with E-state index in [-0.39, 0.29) is 0 Å². The van der Waals surface area contributed by atoms with E-state index >= 15 is 0 Å². The molecule has 0 bridgehead atoms. The normalized spacial score (nSPS) is 18.0. The van der Waals surface area contributed by atoms with Gasteiger partial charge in [0.2, 0.25) is 0 Å². The second-order valence-electron chi connectivity index (χ2n) is 5.98. The number of aromatic nitrogens is 1. The predicted molar refractivity (Wildman–Crippen MR) is 89.1 cm³/mol. The van der Waals surface area contributed by atoms with Crippen molar-refractivity contribution in [3.05, 3.63) is 53.7 Å². The summed E-state index contributed by atoms with van der Waals surface area (Å²) in [5, 5.41) is 0. The summed E-state index contributed by atoms with van der Waals surface area (Å²) in [4.78, 5) is 9.31. The molecule has 1 aromatic heterocycles. The number of benzene rings is 1. The van der Waals surface area contributed by atoms with Crippen molar-refractivity contribution in [3.63, 3.8) is 0 Å². The molecule has 3 nitrogen and oxygen atoms in total. The van der Waals surface area contributed by atoms with Gasteiger partial charge in [-0.15, -0.1) is 0 Å². The van der Waals surface area contributed by atoms with Crippen LogP contribution in [0.25, 0.3) is 0 Å². The van der Waals surface area contributed by atoms with Gasteiger partial charge in [-0.1, -0.05) is 18.2 Å². The molecule has 2 aromatic rings. The quantitative estimate of drug-likeness (QED) is 0.853. The monoisotopic (exact) mass is 281 g/mol. The molecule has 0 aliphatic carbocycles. The third-order valence-electron chi connectivity index (χ3n) is 4.19. The van der Waals surface area contributed by atoms with Crippen LogP contribution in [0.2, 0.25) is 0 Å². The molecule has 1 fully saturated rings. The third-order valence-corrected chi connectivity index (χ3v) is 4.19. The van der Waals surface area contributed by atoms with E-state index in [1.54, 1.807) is 0 Å². The highest BCUT2D eigenvalue weighted by Crippen LogP contribution is 2.36. The van der Waals surface area contributed by atoms with Crippen LogP contribution in [0, 0.1) is 6.92 Å². The Morgan fingerprint density at radius 3 is 2.71 bits per heavy atom. The van der Waals surface area contributed by atoms with E-state index < -0.39 is 0 Å². The average Bonchev–Trinajstić information content (AvgIpc) is 2.97. The minimum atomic E-state index is 0.444. The zero-order chi connectivity index (χ0) is 14.8. The van der Waals surface area contributed by atoms with Gasteiger partial charge in [-0.2, -0.15) is 0 Å². The first kappa shape index (κ1) is 13.9. The zero-order valence-corrected chi connectivity index (χ0v) is 13.1. The number of hydrogen-bond acceptors (Lipinski definition) is 3. The van der Waals surface area contributed by atoms with Gasteiger partial charge in [-0.25, -0.2) is 4.98 Å². The second-order valence-corrected chi connectivity index (χ2v) is 5.98. The van der Waals surface area contributed by atoms with Crippen molar-refractivity contribution in [3.8, 4) is 0 Å². The van der Waals surface area contributed by atoms with Gasteiger partial charge in [0.25, 0.3) is 0 Å². The van der Waals surface area contributed by atoms with Crippen molar-refractivity contribution in [2.45, 2.75) is 25.8 Å². The van der Waals surface area contributed by atoms with Gasteiger partial charge in [-0.05, 0) is 49.6 Å². The van der Waals surface area contributed by atoms with Crippen LogP contribution >= 0.6 is 0 Å². The highest BCUT2D eigenvalue weighted by atomic mass is 15.2. The van der Waals surface area contributed by atoms with Crippen LogP contribution in [-0.4, -0.2) is 25.6 Å². The number of pyridine rings is 1. The summed E-state index contributed by atoms with van der Waals surface area (Å²) in [5.74, 6) is 1.10. The highest BCUT2D eigenvalue weighted by molar-refractivity contribution is 5.51. The Bertz CT molecular complexity index is 621. The van der Waals surface area contributed by atoms with Gasteiger partial charge in [0, 0.05) is 32.0 Å². The fourth-order valence-corrected chi connectivity index (χ4v) is 3.09. The minimum Gasteiger partial charge on any atom is -0.378 e. The Labute approximate surface area is 127 Å². The molecule has 1 atom stereocenters. The average molecular weight is 281 g/mol. The van der Waals surface area contributed by atoms with E-state index in [0.717, 1.165) is 18.1 Å². The van der Waals surface area contributed by atoms with E-state index in [1.807, 2.05) is 0 Å². The molecule has 1 saturated heterocycles. The van der Waals surface area contributed by atoms with E-state index in [0.29, 0.717) is 6.04 Å². The Morgan fingerprint density at radius 1 is 1.14 bits per heavy atom. The molecule has 3 heteroatoms. The lowest BCUT2D eigenvalue weighted by molar-refractivity contribution is 0.710. The molecule has 1 unspecified atom stereocenters. The maximum absolute atomic E-state index is 4.70. The summed E-state index contributed by atoms with van der Waals surface area (Å²) in [6.45, 7) is 3.15. The van der Waals surface area contributed by atoms with E-state index in [4.69, 9.17) is 4.98 Å². The van der Waals surface area contributed by atoms with Gasteiger partial charge in [0.05, 0.1) is 6.04 Å². The van der Waals surface area contributed by atoms with Gasteiger partial charge in [0.15, 0.2) is 0 Å². The van der Waals surface area contributed by atoms with Gasteiger partial charge in [-0.3, -0.25) is 0 Å². The number of nitrogens with zero attached hydrogens (tertiary/aromatic N) is 3. The Balaban J connectivity index is 1.92.